The summed E-state index contributed by atoms with van der Waals surface area (Å²) in [6.45, 7) is 0.796. The van der Waals surface area contributed by atoms with Gasteiger partial charge in [-0.25, -0.2) is 0 Å². The van der Waals surface area contributed by atoms with E-state index in [9.17, 15) is 4.79 Å². The van der Waals surface area contributed by atoms with E-state index in [2.05, 4.69) is 4.90 Å². The van der Waals surface area contributed by atoms with Crippen LogP contribution in [-0.2, 0) is 4.79 Å². The molecular weight excluding hydrogens is 204 g/mol. The fourth-order valence-corrected chi connectivity index (χ4v) is 1.72. The maximum absolute atomic E-state index is 11.7. The van der Waals surface area contributed by atoms with Gasteiger partial charge in [0.2, 0.25) is 5.91 Å². The maximum atomic E-state index is 11.7. The number of hydrogen-bond acceptors (Lipinski definition) is 3. The van der Waals surface area contributed by atoms with Crippen LogP contribution in [0.4, 0.5) is 5.69 Å². The Bertz CT molecular complexity index is 404. The molecule has 0 aromatic heterocycles. The lowest BCUT2D eigenvalue weighted by Gasteiger charge is -2.11. The minimum absolute atomic E-state index is 0.00195. The normalized spacial score (nSPS) is 18.2. The highest BCUT2D eigenvalue weighted by Gasteiger charge is 2.41. The van der Waals surface area contributed by atoms with Crippen LogP contribution in [0.15, 0.2) is 24.3 Å². The molecule has 0 N–H and O–H groups in total. The molecule has 0 radical (unpaired) electrons. The van der Waals surface area contributed by atoms with Crippen molar-refractivity contribution >= 4 is 11.6 Å². The van der Waals surface area contributed by atoms with E-state index in [1.165, 1.54) is 0 Å². The Morgan fingerprint density at radius 2 is 2.25 bits per heavy atom. The average molecular weight is 220 g/mol. The first kappa shape index (κ1) is 10.8. The largest absolute Gasteiger partial charge is 0.497 e. The first-order valence-corrected chi connectivity index (χ1v) is 5.25. The predicted molar refractivity (Wildman–Crippen MR) is 62.8 cm³/mol. The maximum Gasteiger partial charge on any atom is 0.246 e. The van der Waals surface area contributed by atoms with Gasteiger partial charge in [-0.1, -0.05) is 6.07 Å². The third-order valence-electron chi connectivity index (χ3n) is 2.72. The Balaban J connectivity index is 2.08. The summed E-state index contributed by atoms with van der Waals surface area (Å²) in [7, 11) is 5.21. The highest BCUT2D eigenvalue weighted by molar-refractivity contribution is 5.90. The summed E-state index contributed by atoms with van der Waals surface area (Å²) in [5.74, 6) is 0.975. The molecule has 1 fully saturated rings. The van der Waals surface area contributed by atoms with E-state index in [-0.39, 0.29) is 11.9 Å². The lowest BCUT2D eigenvalue weighted by Crippen LogP contribution is -2.28. The summed E-state index contributed by atoms with van der Waals surface area (Å²) in [5.41, 5.74) is 1.04. The second-order valence-electron chi connectivity index (χ2n) is 4.10. The van der Waals surface area contributed by atoms with Crippen LogP contribution in [0.25, 0.3) is 0 Å². The number of likely N-dealkylation sites (N-methyl/N-ethyl adjacent to an activating group) is 1. The Kier molecular flexibility index (Phi) is 2.73. The molecule has 4 nitrogen and oxygen atoms in total. The van der Waals surface area contributed by atoms with Crippen LogP contribution in [0.1, 0.15) is 0 Å². The molecule has 1 aromatic carbocycles. The number of carbonyl (C=O) groups is 1. The van der Waals surface area contributed by atoms with E-state index in [1.807, 2.05) is 24.3 Å². The van der Waals surface area contributed by atoms with Gasteiger partial charge in [0.25, 0.3) is 0 Å². The van der Waals surface area contributed by atoms with E-state index in [4.69, 9.17) is 4.74 Å². The van der Waals surface area contributed by atoms with Crippen molar-refractivity contribution in [1.82, 2.24) is 4.90 Å². The van der Waals surface area contributed by atoms with Crippen LogP contribution >= 0.6 is 0 Å². The second kappa shape index (κ2) is 4.04. The summed E-state index contributed by atoms with van der Waals surface area (Å²) < 4.78 is 5.15. The van der Waals surface area contributed by atoms with Gasteiger partial charge in [0, 0.05) is 32.4 Å². The number of hydrogen-bond donors (Lipinski definition) is 0. The molecule has 0 spiro atoms. The summed E-state index contributed by atoms with van der Waals surface area (Å²) in [4.78, 5) is 15.4. The molecule has 1 amide bonds. The summed E-state index contributed by atoms with van der Waals surface area (Å²) >= 11 is 0. The van der Waals surface area contributed by atoms with Crippen LogP contribution in [-0.4, -0.2) is 44.6 Å². The number of carbonyl (C=O) groups excluding carboxylic acids is 1. The van der Waals surface area contributed by atoms with Crippen molar-refractivity contribution in [3.63, 3.8) is 0 Å². The van der Waals surface area contributed by atoms with Gasteiger partial charge in [-0.15, -0.1) is 0 Å². The van der Waals surface area contributed by atoms with Gasteiger partial charge in [-0.05, 0) is 12.1 Å². The highest BCUT2D eigenvalue weighted by atomic mass is 16.5. The minimum Gasteiger partial charge on any atom is -0.497 e. The van der Waals surface area contributed by atoms with E-state index < -0.39 is 0 Å². The van der Waals surface area contributed by atoms with Crippen LogP contribution < -0.4 is 9.64 Å². The average Bonchev–Trinajstić information content (AvgIpc) is 3.08. The Hall–Kier alpha value is -1.71. The molecule has 1 aliphatic rings. The van der Waals surface area contributed by atoms with E-state index in [0.29, 0.717) is 0 Å². The summed E-state index contributed by atoms with van der Waals surface area (Å²) in [6.07, 6.45) is 0. The fourth-order valence-electron chi connectivity index (χ4n) is 1.72. The third-order valence-corrected chi connectivity index (χ3v) is 2.72. The molecule has 0 saturated carbocycles. The minimum atomic E-state index is 0.00195. The molecule has 1 aliphatic heterocycles. The van der Waals surface area contributed by atoms with Crippen LogP contribution in [0, 0.1) is 0 Å². The monoisotopic (exact) mass is 220 g/mol. The zero-order chi connectivity index (χ0) is 11.7. The van der Waals surface area contributed by atoms with E-state index >= 15 is 0 Å². The van der Waals surface area contributed by atoms with Crippen molar-refractivity contribution < 1.29 is 9.53 Å². The molecule has 4 heteroatoms. The number of rotatable bonds is 3. The second-order valence-corrected chi connectivity index (χ2v) is 4.10. The van der Waals surface area contributed by atoms with Gasteiger partial charge in [-0.2, -0.15) is 0 Å². The number of ether oxygens (including phenoxy) is 1. The van der Waals surface area contributed by atoms with Crippen molar-refractivity contribution in [3.05, 3.63) is 24.3 Å². The van der Waals surface area contributed by atoms with Crippen molar-refractivity contribution in [3.8, 4) is 5.75 Å². The zero-order valence-corrected chi connectivity index (χ0v) is 9.80. The van der Waals surface area contributed by atoms with Crippen molar-refractivity contribution in [2.75, 3.05) is 32.6 Å². The van der Waals surface area contributed by atoms with Crippen molar-refractivity contribution in [2.24, 2.45) is 0 Å². The molecule has 0 aliphatic carbocycles. The van der Waals surface area contributed by atoms with Gasteiger partial charge >= 0.3 is 0 Å². The molecule has 86 valence electrons. The molecular formula is C12H16N2O2. The Morgan fingerprint density at radius 1 is 1.50 bits per heavy atom. The molecule has 1 heterocycles. The van der Waals surface area contributed by atoms with Crippen LogP contribution in [0.3, 0.4) is 0 Å². The zero-order valence-electron chi connectivity index (χ0n) is 9.80. The van der Waals surface area contributed by atoms with Crippen LogP contribution in [0.2, 0.25) is 0 Å². The third kappa shape index (κ3) is 1.96. The number of methoxy groups -OCH3 is 1. The molecule has 1 unspecified atom stereocenters. The van der Waals surface area contributed by atoms with E-state index in [0.717, 1.165) is 18.0 Å². The standard InChI is InChI=1S/C12H16N2O2/c1-13(2)12(15)11-8-14(11)9-5-4-6-10(7-9)16-3/h4-7,11H,8H2,1-3H3. The lowest BCUT2D eigenvalue weighted by molar-refractivity contribution is -0.127. The van der Waals surface area contributed by atoms with Crippen molar-refractivity contribution in [1.29, 1.82) is 0 Å². The molecule has 1 atom stereocenters. The first-order chi connectivity index (χ1) is 7.63. The quantitative estimate of drug-likeness (QED) is 0.712. The van der Waals surface area contributed by atoms with Crippen molar-refractivity contribution in [2.45, 2.75) is 6.04 Å². The summed E-state index contributed by atoms with van der Waals surface area (Å²) in [6, 6.07) is 7.77. The highest BCUT2D eigenvalue weighted by Crippen LogP contribution is 2.30. The molecule has 1 aromatic rings. The number of benzene rings is 1. The van der Waals surface area contributed by atoms with Gasteiger partial charge < -0.3 is 14.5 Å². The topological polar surface area (TPSA) is 32.6 Å². The SMILES string of the molecule is COc1cccc(N2CC2C(=O)N(C)C)c1. The molecule has 16 heavy (non-hydrogen) atoms. The Labute approximate surface area is 95.4 Å². The van der Waals surface area contributed by atoms with Gasteiger partial charge in [0.1, 0.15) is 11.8 Å². The number of anilines is 1. The number of nitrogens with zero attached hydrogens (tertiary/aromatic N) is 2. The predicted octanol–water partition coefficient (Wildman–Crippen LogP) is 0.972. The van der Waals surface area contributed by atoms with Gasteiger partial charge in [0.15, 0.2) is 0 Å². The van der Waals surface area contributed by atoms with Gasteiger partial charge in [0.05, 0.1) is 7.11 Å². The fraction of sp³-hybridized carbons (Fsp3) is 0.417. The molecule has 1 saturated heterocycles. The van der Waals surface area contributed by atoms with Crippen LogP contribution in [0.5, 0.6) is 5.75 Å². The van der Waals surface area contributed by atoms with E-state index in [1.54, 1.807) is 26.1 Å². The lowest BCUT2D eigenvalue weighted by atomic mass is 10.3. The molecule has 2 rings (SSSR count). The Morgan fingerprint density at radius 3 is 2.88 bits per heavy atom. The smallest absolute Gasteiger partial charge is 0.246 e. The van der Waals surface area contributed by atoms with Gasteiger partial charge in [-0.3, -0.25) is 4.79 Å². The summed E-state index contributed by atoms with van der Waals surface area (Å²) in [5, 5.41) is 0. The first-order valence-electron chi connectivity index (χ1n) is 5.25. The molecule has 0 bridgehead atoms. The number of amides is 1.